The second-order valence-corrected chi connectivity index (χ2v) is 8.18. The van der Waals surface area contributed by atoms with E-state index in [-0.39, 0.29) is 35.5 Å². The number of rotatable bonds is 4. The van der Waals surface area contributed by atoms with E-state index in [2.05, 4.69) is 10.2 Å². The third-order valence-corrected chi connectivity index (χ3v) is 6.33. The number of Topliss-reactive ketones (excluding diaryl/α,β-unsaturated/α-hetero) is 1. The molecule has 2 bridgehead atoms. The lowest BCUT2D eigenvalue weighted by Gasteiger charge is -2.55. The number of nitrogen functional groups attached to an aromatic ring is 1. The summed E-state index contributed by atoms with van der Waals surface area (Å²) in [6.45, 7) is 1.01. The first-order chi connectivity index (χ1) is 14.4. The molecule has 3 atom stereocenters. The van der Waals surface area contributed by atoms with Crippen LogP contribution < -0.4 is 5.73 Å². The Kier molecular flexibility index (Phi) is 4.14. The first-order valence-corrected chi connectivity index (χ1v) is 9.98. The van der Waals surface area contributed by atoms with Crippen LogP contribution in [0, 0.1) is 0 Å². The van der Waals surface area contributed by atoms with Crippen LogP contribution in [0.5, 0.6) is 0 Å². The molecule has 1 unspecified atom stereocenters. The highest BCUT2D eigenvalue weighted by Crippen LogP contribution is 2.46. The maximum absolute atomic E-state index is 12.5. The van der Waals surface area contributed by atoms with Crippen molar-refractivity contribution in [3.63, 3.8) is 0 Å². The van der Waals surface area contributed by atoms with Crippen LogP contribution in [0.4, 0.5) is 5.82 Å². The van der Waals surface area contributed by atoms with Gasteiger partial charge >= 0.3 is 0 Å². The molecule has 5 heterocycles. The number of aliphatic hydroxyl groups is 1. The van der Waals surface area contributed by atoms with E-state index >= 15 is 0 Å². The van der Waals surface area contributed by atoms with Gasteiger partial charge in [0.25, 0.3) is 0 Å². The largest absolute Gasteiger partial charge is 0.387 e. The fraction of sp³-hybridized carbons (Fsp3) is 0.450. The van der Waals surface area contributed by atoms with E-state index in [0.29, 0.717) is 29.7 Å². The van der Waals surface area contributed by atoms with E-state index < -0.39 is 6.61 Å². The highest BCUT2D eigenvalue weighted by atomic mass is 16.3. The zero-order chi connectivity index (χ0) is 21.2. The minimum Gasteiger partial charge on any atom is -0.387 e. The van der Waals surface area contributed by atoms with E-state index in [1.54, 1.807) is 22.0 Å². The third-order valence-electron chi connectivity index (χ3n) is 6.33. The number of hydrogen-bond acceptors (Lipinski definition) is 7. The molecule has 10 heteroatoms. The normalized spacial score (nSPS) is 22.9. The fourth-order valence-corrected chi connectivity index (χ4v) is 5.04. The summed E-state index contributed by atoms with van der Waals surface area (Å²) in [5.74, 6) is -0.101. The zero-order valence-corrected chi connectivity index (χ0v) is 16.8. The average molecular weight is 409 g/mol. The highest BCUT2D eigenvalue weighted by Gasteiger charge is 2.48. The van der Waals surface area contributed by atoms with Crippen LogP contribution in [-0.4, -0.2) is 64.8 Å². The molecule has 0 radical (unpaired) electrons. The topological polar surface area (TPSA) is 132 Å². The van der Waals surface area contributed by atoms with Crippen LogP contribution in [0.2, 0.25) is 0 Å². The molecule has 3 aromatic heterocycles. The van der Waals surface area contributed by atoms with Gasteiger partial charge in [0, 0.05) is 42.4 Å². The van der Waals surface area contributed by atoms with Gasteiger partial charge in [-0.15, -0.1) is 0 Å². The number of amides is 1. The summed E-state index contributed by atoms with van der Waals surface area (Å²) in [5, 5.41) is 17.8. The summed E-state index contributed by atoms with van der Waals surface area (Å²) >= 11 is 0. The van der Waals surface area contributed by atoms with Gasteiger partial charge < -0.3 is 15.7 Å². The van der Waals surface area contributed by atoms with E-state index in [1.165, 1.54) is 11.4 Å². The highest BCUT2D eigenvalue weighted by molar-refractivity contribution is 6.00. The predicted molar refractivity (Wildman–Crippen MR) is 108 cm³/mol. The van der Waals surface area contributed by atoms with E-state index in [0.717, 1.165) is 17.5 Å². The number of nitrogens with two attached hydrogens (primary N) is 1. The van der Waals surface area contributed by atoms with Gasteiger partial charge in [-0.05, 0) is 26.2 Å². The molecule has 0 spiro atoms. The Bertz CT molecular complexity index is 1170. The average Bonchev–Trinajstić information content (AvgIpc) is 3.33. The summed E-state index contributed by atoms with van der Waals surface area (Å²) in [6.07, 6.45) is 7.61. The molecule has 156 valence electrons. The number of carbonyl (C=O) groups is 2. The van der Waals surface area contributed by atoms with Crippen LogP contribution in [0.25, 0.3) is 16.8 Å². The Morgan fingerprint density at radius 3 is 2.53 bits per heavy atom. The van der Waals surface area contributed by atoms with E-state index in [4.69, 9.17) is 10.7 Å². The van der Waals surface area contributed by atoms with Crippen molar-refractivity contribution < 1.29 is 14.7 Å². The Labute approximate surface area is 172 Å². The zero-order valence-electron chi connectivity index (χ0n) is 16.8. The molecule has 3 fully saturated rings. The number of nitrogens with zero attached hydrogens (tertiary/aromatic N) is 6. The first-order valence-electron chi connectivity index (χ1n) is 9.98. The van der Waals surface area contributed by atoms with Gasteiger partial charge in [-0.2, -0.15) is 14.7 Å². The summed E-state index contributed by atoms with van der Waals surface area (Å²) in [4.78, 5) is 31.1. The molecule has 3 aliphatic rings. The molecule has 3 N–H and O–H groups in total. The number of aliphatic hydroxyl groups excluding tert-OH is 1. The molecule has 30 heavy (non-hydrogen) atoms. The number of anilines is 1. The standard InChI is InChI=1S/C20H23N7O3/c1-10(29)17-18(11-3-13-5-14(4-11)26(13)16(30)9-28)24-20-15(7-23-27(20)19(17)21)12-6-22-25(2)8-12/h6-8,11,13-14,28H,3-5,9,21H2,1-2H3/t11?,13-,14+. The van der Waals surface area contributed by atoms with Gasteiger partial charge in [0.15, 0.2) is 11.4 Å². The van der Waals surface area contributed by atoms with E-state index in [9.17, 15) is 14.7 Å². The molecule has 3 aromatic rings. The molecule has 10 nitrogen and oxygen atoms in total. The lowest BCUT2D eigenvalue weighted by atomic mass is 9.71. The van der Waals surface area contributed by atoms with Gasteiger partial charge in [-0.3, -0.25) is 14.3 Å². The SMILES string of the molecule is CC(=O)c1c(C2C[C@@H]3C[C@H](C2)N3C(=O)CO)nc2c(-c3cnn(C)c3)cnn2c1N. The lowest BCUT2D eigenvalue weighted by Crippen LogP contribution is -2.63. The molecule has 6 rings (SSSR count). The van der Waals surface area contributed by atoms with Crippen LogP contribution in [0.15, 0.2) is 18.6 Å². The molecular formula is C20H23N7O3. The van der Waals surface area contributed by atoms with Crippen molar-refractivity contribution in [3.05, 3.63) is 29.8 Å². The number of carbonyl (C=O) groups excluding carboxylic acids is 2. The van der Waals surface area contributed by atoms with Crippen LogP contribution in [0.3, 0.4) is 0 Å². The van der Waals surface area contributed by atoms with Crippen molar-refractivity contribution in [2.24, 2.45) is 7.05 Å². The van der Waals surface area contributed by atoms with Crippen molar-refractivity contribution in [1.29, 1.82) is 0 Å². The van der Waals surface area contributed by atoms with Gasteiger partial charge in [0.2, 0.25) is 5.91 Å². The molecule has 2 saturated heterocycles. The van der Waals surface area contributed by atoms with Gasteiger partial charge in [0.1, 0.15) is 12.4 Å². The summed E-state index contributed by atoms with van der Waals surface area (Å²) in [7, 11) is 1.84. The molecular weight excluding hydrogens is 386 g/mol. The van der Waals surface area contributed by atoms with Gasteiger partial charge in [0.05, 0.1) is 23.7 Å². The van der Waals surface area contributed by atoms with Crippen molar-refractivity contribution in [1.82, 2.24) is 29.3 Å². The lowest BCUT2D eigenvalue weighted by molar-refractivity contribution is -0.153. The van der Waals surface area contributed by atoms with Crippen molar-refractivity contribution in [2.75, 3.05) is 12.3 Å². The molecule has 1 saturated carbocycles. The molecule has 1 aliphatic carbocycles. The second-order valence-electron chi connectivity index (χ2n) is 8.18. The Balaban J connectivity index is 1.60. The first kappa shape index (κ1) is 18.7. The third kappa shape index (κ3) is 2.63. The molecule has 2 aliphatic heterocycles. The molecule has 0 aromatic carbocycles. The number of ketones is 1. The Morgan fingerprint density at radius 2 is 1.93 bits per heavy atom. The van der Waals surface area contributed by atoms with Crippen molar-refractivity contribution in [3.8, 4) is 11.1 Å². The second kappa shape index (κ2) is 6.63. The predicted octanol–water partition coefficient (Wildman–Crippen LogP) is 0.754. The number of fused-ring (bicyclic) bond motifs is 3. The van der Waals surface area contributed by atoms with Gasteiger partial charge in [-0.1, -0.05) is 0 Å². The smallest absolute Gasteiger partial charge is 0.248 e. The minimum atomic E-state index is -0.474. The number of aromatic nitrogens is 5. The summed E-state index contributed by atoms with van der Waals surface area (Å²) in [6, 6.07) is 0.130. The Hall–Kier alpha value is -3.27. The van der Waals surface area contributed by atoms with Gasteiger partial charge in [-0.25, -0.2) is 4.98 Å². The maximum atomic E-state index is 12.5. The summed E-state index contributed by atoms with van der Waals surface area (Å²) < 4.78 is 3.21. The van der Waals surface area contributed by atoms with E-state index in [1.807, 2.05) is 13.2 Å². The van der Waals surface area contributed by atoms with Crippen molar-refractivity contribution >= 4 is 23.2 Å². The number of hydrogen-bond donors (Lipinski definition) is 2. The number of piperidine rings is 1. The number of aryl methyl sites for hydroxylation is 1. The fourth-order valence-electron chi connectivity index (χ4n) is 5.04. The monoisotopic (exact) mass is 409 g/mol. The van der Waals surface area contributed by atoms with Crippen molar-refractivity contribution in [2.45, 2.75) is 44.2 Å². The minimum absolute atomic E-state index is 0.0133. The molecule has 1 amide bonds. The maximum Gasteiger partial charge on any atom is 0.248 e. The quantitative estimate of drug-likeness (QED) is 0.608. The van der Waals surface area contributed by atoms with Crippen LogP contribution in [-0.2, 0) is 11.8 Å². The van der Waals surface area contributed by atoms with Crippen LogP contribution >= 0.6 is 0 Å². The Morgan fingerprint density at radius 1 is 1.20 bits per heavy atom. The van der Waals surface area contributed by atoms with Crippen LogP contribution in [0.1, 0.15) is 48.2 Å². The summed E-state index contributed by atoms with van der Waals surface area (Å²) in [5.41, 5.74) is 9.71.